The van der Waals surface area contributed by atoms with Crippen LogP contribution in [0.1, 0.15) is 29.8 Å². The molecule has 0 saturated heterocycles. The number of aromatic carboxylic acids is 1. The van der Waals surface area contributed by atoms with Crippen molar-refractivity contribution >= 4 is 11.9 Å². The summed E-state index contributed by atoms with van der Waals surface area (Å²) in [6.45, 7) is 3.93. The third-order valence-corrected chi connectivity index (χ3v) is 2.45. The summed E-state index contributed by atoms with van der Waals surface area (Å²) >= 11 is 0. The molecule has 1 aromatic rings. The van der Waals surface area contributed by atoms with Crippen LogP contribution in [-0.4, -0.2) is 17.0 Å². The second kappa shape index (κ2) is 5.84. The van der Waals surface area contributed by atoms with Crippen LogP contribution >= 0.6 is 0 Å². The number of carbonyl (C=O) groups excluding carboxylic acids is 1. The van der Waals surface area contributed by atoms with E-state index in [0.29, 0.717) is 12.1 Å². The van der Waals surface area contributed by atoms with Crippen LogP contribution in [0.25, 0.3) is 0 Å². The molecule has 4 nitrogen and oxygen atoms in total. The van der Waals surface area contributed by atoms with Crippen LogP contribution in [-0.2, 0) is 11.3 Å². The number of rotatable bonds is 4. The molecule has 2 N–H and O–H groups in total. The van der Waals surface area contributed by atoms with E-state index in [9.17, 15) is 9.59 Å². The fraction of sp³-hybridized carbons (Fsp3) is 0.231. The third-order valence-electron chi connectivity index (χ3n) is 2.45. The average molecular weight is 233 g/mol. The fourth-order valence-electron chi connectivity index (χ4n) is 1.22. The molecule has 0 aliphatic heterocycles. The summed E-state index contributed by atoms with van der Waals surface area (Å²) in [7, 11) is 0. The van der Waals surface area contributed by atoms with Gasteiger partial charge in [-0.25, -0.2) is 4.79 Å². The first-order valence-corrected chi connectivity index (χ1v) is 5.28. The quantitative estimate of drug-likeness (QED) is 0.781. The van der Waals surface area contributed by atoms with E-state index in [1.807, 2.05) is 0 Å². The van der Waals surface area contributed by atoms with Gasteiger partial charge in [-0.3, -0.25) is 4.79 Å². The van der Waals surface area contributed by atoms with E-state index in [0.717, 1.165) is 5.56 Å². The monoisotopic (exact) mass is 233 g/mol. The molecule has 0 saturated carbocycles. The first-order chi connectivity index (χ1) is 8.04. The molecule has 0 unspecified atom stereocenters. The second-order valence-corrected chi connectivity index (χ2v) is 3.66. The summed E-state index contributed by atoms with van der Waals surface area (Å²) in [4.78, 5) is 22.1. The van der Waals surface area contributed by atoms with Crippen molar-refractivity contribution in [3.05, 3.63) is 47.0 Å². The van der Waals surface area contributed by atoms with Crippen molar-refractivity contribution in [2.45, 2.75) is 20.4 Å². The highest BCUT2D eigenvalue weighted by atomic mass is 16.4. The molecule has 90 valence electrons. The van der Waals surface area contributed by atoms with E-state index >= 15 is 0 Å². The SMILES string of the molecule is C/C=C(/C)C(=O)NCc1ccc(C(=O)O)cc1. The lowest BCUT2D eigenvalue weighted by atomic mass is 10.1. The number of hydrogen-bond acceptors (Lipinski definition) is 2. The Morgan fingerprint density at radius 2 is 1.88 bits per heavy atom. The zero-order valence-corrected chi connectivity index (χ0v) is 9.86. The number of carboxylic acid groups (broad SMARTS) is 1. The van der Waals surface area contributed by atoms with Crippen molar-refractivity contribution in [1.82, 2.24) is 5.32 Å². The van der Waals surface area contributed by atoms with Gasteiger partial charge in [-0.05, 0) is 31.5 Å². The summed E-state index contributed by atoms with van der Waals surface area (Å²) in [5, 5.41) is 11.5. The molecular weight excluding hydrogens is 218 g/mol. The molecule has 4 heteroatoms. The van der Waals surface area contributed by atoms with Crippen LogP contribution in [0.3, 0.4) is 0 Å². The highest BCUT2D eigenvalue weighted by Gasteiger charge is 2.04. The summed E-state index contributed by atoms with van der Waals surface area (Å²) in [6, 6.07) is 6.42. The van der Waals surface area contributed by atoms with E-state index in [1.165, 1.54) is 12.1 Å². The van der Waals surface area contributed by atoms with Gasteiger partial charge in [0.1, 0.15) is 0 Å². The van der Waals surface area contributed by atoms with E-state index in [4.69, 9.17) is 5.11 Å². The van der Waals surface area contributed by atoms with E-state index in [1.54, 1.807) is 32.1 Å². The van der Waals surface area contributed by atoms with E-state index in [2.05, 4.69) is 5.32 Å². The molecule has 0 heterocycles. The zero-order valence-electron chi connectivity index (χ0n) is 9.86. The molecule has 0 radical (unpaired) electrons. The van der Waals surface area contributed by atoms with Gasteiger partial charge >= 0.3 is 5.97 Å². The first kappa shape index (κ1) is 13.0. The minimum Gasteiger partial charge on any atom is -0.478 e. The van der Waals surface area contributed by atoms with Crippen LogP contribution in [0, 0.1) is 0 Å². The average Bonchev–Trinajstić information content (AvgIpc) is 2.35. The third kappa shape index (κ3) is 3.75. The van der Waals surface area contributed by atoms with Crippen molar-refractivity contribution in [3.63, 3.8) is 0 Å². The van der Waals surface area contributed by atoms with Gasteiger partial charge in [0.25, 0.3) is 0 Å². The topological polar surface area (TPSA) is 66.4 Å². The van der Waals surface area contributed by atoms with Gasteiger partial charge in [-0.15, -0.1) is 0 Å². The normalized spacial score (nSPS) is 11.1. The molecule has 0 aromatic heterocycles. The van der Waals surface area contributed by atoms with Gasteiger partial charge in [0.2, 0.25) is 5.91 Å². The Balaban J connectivity index is 2.59. The molecule has 1 rings (SSSR count). The Hall–Kier alpha value is -2.10. The summed E-state index contributed by atoms with van der Waals surface area (Å²) in [5.41, 5.74) is 1.77. The van der Waals surface area contributed by atoms with Crippen LogP contribution in [0.5, 0.6) is 0 Å². The van der Waals surface area contributed by atoms with Gasteiger partial charge in [-0.1, -0.05) is 18.2 Å². The van der Waals surface area contributed by atoms with Crippen LogP contribution in [0.2, 0.25) is 0 Å². The van der Waals surface area contributed by atoms with Crippen molar-refractivity contribution in [3.8, 4) is 0 Å². The summed E-state index contributed by atoms with van der Waals surface area (Å²) in [5.74, 6) is -1.07. The number of amides is 1. The number of hydrogen-bond donors (Lipinski definition) is 2. The molecule has 0 bridgehead atoms. The van der Waals surface area contributed by atoms with Gasteiger partial charge in [0.05, 0.1) is 5.56 Å². The number of carbonyl (C=O) groups is 2. The molecule has 0 atom stereocenters. The lowest BCUT2D eigenvalue weighted by Gasteiger charge is -2.05. The fourth-order valence-corrected chi connectivity index (χ4v) is 1.22. The molecular formula is C13H15NO3. The zero-order chi connectivity index (χ0) is 12.8. The predicted octanol–water partition coefficient (Wildman–Crippen LogP) is 1.97. The van der Waals surface area contributed by atoms with Crippen LogP contribution < -0.4 is 5.32 Å². The first-order valence-electron chi connectivity index (χ1n) is 5.28. The van der Waals surface area contributed by atoms with Crippen molar-refractivity contribution in [2.75, 3.05) is 0 Å². The van der Waals surface area contributed by atoms with E-state index < -0.39 is 5.97 Å². The number of carboxylic acids is 1. The van der Waals surface area contributed by atoms with Crippen molar-refractivity contribution in [2.24, 2.45) is 0 Å². The summed E-state index contributed by atoms with van der Waals surface area (Å²) < 4.78 is 0. The highest BCUT2D eigenvalue weighted by molar-refractivity contribution is 5.92. The smallest absolute Gasteiger partial charge is 0.335 e. The second-order valence-electron chi connectivity index (χ2n) is 3.66. The molecule has 17 heavy (non-hydrogen) atoms. The van der Waals surface area contributed by atoms with Gasteiger partial charge < -0.3 is 10.4 Å². The highest BCUT2D eigenvalue weighted by Crippen LogP contribution is 2.04. The van der Waals surface area contributed by atoms with Gasteiger partial charge in [0.15, 0.2) is 0 Å². The Kier molecular flexibility index (Phi) is 4.46. The van der Waals surface area contributed by atoms with Gasteiger partial charge in [0, 0.05) is 12.1 Å². The maximum atomic E-state index is 11.4. The van der Waals surface area contributed by atoms with Crippen LogP contribution in [0.4, 0.5) is 0 Å². The Morgan fingerprint density at radius 1 is 1.29 bits per heavy atom. The lowest BCUT2D eigenvalue weighted by Crippen LogP contribution is -2.23. The molecule has 0 aliphatic rings. The maximum Gasteiger partial charge on any atom is 0.335 e. The molecule has 1 aromatic carbocycles. The minimum atomic E-state index is -0.953. The number of nitrogens with one attached hydrogen (secondary N) is 1. The van der Waals surface area contributed by atoms with Crippen LogP contribution in [0.15, 0.2) is 35.9 Å². The molecule has 0 fully saturated rings. The van der Waals surface area contributed by atoms with Gasteiger partial charge in [-0.2, -0.15) is 0 Å². The molecule has 0 aliphatic carbocycles. The largest absolute Gasteiger partial charge is 0.478 e. The Labute approximate surface area is 100.0 Å². The standard InChI is InChI=1S/C13H15NO3/c1-3-9(2)12(15)14-8-10-4-6-11(7-5-10)13(16)17/h3-7H,8H2,1-2H3,(H,14,15)(H,16,17)/b9-3-. The number of allylic oxidation sites excluding steroid dienone is 1. The molecule has 0 spiro atoms. The summed E-state index contributed by atoms with van der Waals surface area (Å²) in [6.07, 6.45) is 1.74. The predicted molar refractivity (Wildman–Crippen MR) is 64.7 cm³/mol. The van der Waals surface area contributed by atoms with Crippen molar-refractivity contribution < 1.29 is 14.7 Å². The number of benzene rings is 1. The van der Waals surface area contributed by atoms with Crippen molar-refractivity contribution in [1.29, 1.82) is 0 Å². The Bertz CT molecular complexity index is 446. The minimum absolute atomic E-state index is 0.116. The maximum absolute atomic E-state index is 11.4. The lowest BCUT2D eigenvalue weighted by molar-refractivity contribution is -0.117. The Morgan fingerprint density at radius 3 is 2.35 bits per heavy atom. The van der Waals surface area contributed by atoms with E-state index in [-0.39, 0.29) is 11.5 Å². The molecule has 1 amide bonds.